The zero-order valence-corrected chi connectivity index (χ0v) is 18.0. The number of allylic oxidation sites excluding steroid dienone is 2. The lowest BCUT2D eigenvalue weighted by Gasteiger charge is -2.26. The summed E-state index contributed by atoms with van der Waals surface area (Å²) in [5.41, 5.74) is 1.18. The highest BCUT2D eigenvalue weighted by molar-refractivity contribution is 7.98. The molecule has 164 valence electrons. The smallest absolute Gasteiger partial charge is 0.267 e. The minimum absolute atomic E-state index is 0.117. The number of amidine groups is 1. The molecule has 32 heavy (non-hydrogen) atoms. The first-order valence-electron chi connectivity index (χ1n) is 10.5. The van der Waals surface area contributed by atoms with Gasteiger partial charge in [-0.05, 0) is 56.4 Å². The summed E-state index contributed by atoms with van der Waals surface area (Å²) in [6.45, 7) is 0.402. The summed E-state index contributed by atoms with van der Waals surface area (Å²) in [7, 11) is 0. The normalized spacial score (nSPS) is 16.0. The molecule has 0 saturated heterocycles. The molecule has 0 amide bonds. The molecule has 3 aromatic rings. The van der Waals surface area contributed by atoms with Crippen LogP contribution in [0.25, 0.3) is 11.0 Å². The Balaban J connectivity index is 1.64. The lowest BCUT2D eigenvalue weighted by Crippen LogP contribution is -2.37. The fourth-order valence-electron chi connectivity index (χ4n) is 4.25. The van der Waals surface area contributed by atoms with Crippen LogP contribution in [0.5, 0.6) is 11.5 Å². The summed E-state index contributed by atoms with van der Waals surface area (Å²) in [5.74, 6) is -0.595. The highest BCUT2D eigenvalue weighted by Gasteiger charge is 2.31. The quantitative estimate of drug-likeness (QED) is 0.400. The van der Waals surface area contributed by atoms with Crippen molar-refractivity contribution in [1.82, 2.24) is 9.55 Å². The van der Waals surface area contributed by atoms with Gasteiger partial charge in [0.1, 0.15) is 28.4 Å². The Bertz CT molecular complexity index is 1330. The van der Waals surface area contributed by atoms with Crippen molar-refractivity contribution in [1.29, 1.82) is 0 Å². The van der Waals surface area contributed by atoms with Gasteiger partial charge in [-0.25, -0.2) is 4.98 Å². The van der Waals surface area contributed by atoms with Gasteiger partial charge in [0.05, 0.1) is 10.3 Å². The van der Waals surface area contributed by atoms with Crippen LogP contribution in [0.15, 0.2) is 62.3 Å². The van der Waals surface area contributed by atoms with Crippen LogP contribution < -0.4 is 10.6 Å². The van der Waals surface area contributed by atoms with E-state index >= 15 is 0 Å². The summed E-state index contributed by atoms with van der Waals surface area (Å²) in [5, 5.41) is 33.2. The predicted octanol–water partition coefficient (Wildman–Crippen LogP) is 4.36. The largest absolute Gasteiger partial charge is 0.506 e. The lowest BCUT2D eigenvalue weighted by atomic mass is 9.97. The van der Waals surface area contributed by atoms with Crippen LogP contribution in [0, 0.1) is 0 Å². The van der Waals surface area contributed by atoms with Gasteiger partial charge in [-0.3, -0.25) is 14.6 Å². The second-order valence-electron chi connectivity index (χ2n) is 7.85. The third-order valence-electron chi connectivity index (χ3n) is 5.88. The number of aromatic hydroxyl groups is 2. The summed E-state index contributed by atoms with van der Waals surface area (Å²) in [4.78, 5) is 18.4. The van der Waals surface area contributed by atoms with Gasteiger partial charge in [0.2, 0.25) is 0 Å². The average Bonchev–Trinajstić information content (AvgIpc) is 2.81. The monoisotopic (exact) mass is 450 g/mol. The molecule has 3 N–H and O–H groups in total. The molecule has 9 heteroatoms. The standard InChI is InChI=1S/C23H22N4O4S/c28-16-9-4-10-17-19(16)27(31)22(25-32-17)18-20(29)15-8-5-12-24-21(15)26(23(18)30)13-11-14-6-2-1-3-7-14/h4-6,8-10,12,28-29,31H,1-3,7,11,13H2. The molecule has 0 unspecified atom stereocenters. The first-order chi connectivity index (χ1) is 15.6. The van der Waals surface area contributed by atoms with Gasteiger partial charge in [0.15, 0.2) is 5.84 Å². The number of benzene rings is 1. The maximum atomic E-state index is 13.6. The fourth-order valence-corrected chi connectivity index (χ4v) is 5.02. The van der Waals surface area contributed by atoms with Crippen molar-refractivity contribution in [3.63, 3.8) is 0 Å². The predicted molar refractivity (Wildman–Crippen MR) is 124 cm³/mol. The van der Waals surface area contributed by atoms with Gasteiger partial charge in [0, 0.05) is 24.7 Å². The number of hydrogen-bond acceptors (Lipinski definition) is 8. The molecule has 2 aliphatic rings. The maximum absolute atomic E-state index is 13.6. The van der Waals surface area contributed by atoms with E-state index in [9.17, 15) is 20.2 Å². The molecular formula is C23H22N4O4S. The van der Waals surface area contributed by atoms with Crippen molar-refractivity contribution in [3.05, 3.63) is 64.1 Å². The fraction of sp³-hybridized carbons (Fsp3) is 0.261. The van der Waals surface area contributed by atoms with Crippen LogP contribution in [-0.2, 0) is 6.54 Å². The van der Waals surface area contributed by atoms with Crippen molar-refractivity contribution < 1.29 is 15.4 Å². The number of hydroxylamine groups is 1. The molecule has 5 rings (SSSR count). The Labute approximate surface area is 188 Å². The molecular weight excluding hydrogens is 428 g/mol. The van der Waals surface area contributed by atoms with Gasteiger partial charge in [0.25, 0.3) is 5.56 Å². The molecule has 2 aromatic heterocycles. The SMILES string of the molecule is O=c1c(C2=NSc3cccc(O)c3N2O)c(O)c2cccnc2n1CCC1=CCCCC1. The minimum atomic E-state index is -0.498. The van der Waals surface area contributed by atoms with E-state index in [1.165, 1.54) is 22.6 Å². The molecule has 1 aliphatic carbocycles. The molecule has 8 nitrogen and oxygen atoms in total. The summed E-state index contributed by atoms with van der Waals surface area (Å²) < 4.78 is 5.80. The van der Waals surface area contributed by atoms with Crippen LogP contribution in [0.2, 0.25) is 0 Å². The van der Waals surface area contributed by atoms with Crippen LogP contribution in [0.3, 0.4) is 0 Å². The summed E-state index contributed by atoms with van der Waals surface area (Å²) >= 11 is 1.02. The minimum Gasteiger partial charge on any atom is -0.506 e. The molecule has 0 fully saturated rings. The Morgan fingerprint density at radius 1 is 1.12 bits per heavy atom. The molecule has 1 aromatic carbocycles. The first-order valence-corrected chi connectivity index (χ1v) is 11.3. The lowest BCUT2D eigenvalue weighted by molar-refractivity contribution is 0.304. The Morgan fingerprint density at radius 3 is 2.81 bits per heavy atom. The second-order valence-corrected chi connectivity index (χ2v) is 8.66. The average molecular weight is 451 g/mol. The molecule has 0 atom stereocenters. The molecule has 3 heterocycles. The third-order valence-corrected chi connectivity index (χ3v) is 6.67. The number of aromatic nitrogens is 2. The molecule has 0 radical (unpaired) electrons. The van der Waals surface area contributed by atoms with Crippen LogP contribution in [0.4, 0.5) is 5.69 Å². The van der Waals surface area contributed by atoms with Crippen molar-refractivity contribution in [2.75, 3.05) is 5.06 Å². The number of aryl methyl sites for hydroxylation is 1. The van der Waals surface area contributed by atoms with Crippen LogP contribution in [-0.4, -0.2) is 30.8 Å². The van der Waals surface area contributed by atoms with Gasteiger partial charge >= 0.3 is 0 Å². The number of pyridine rings is 2. The highest BCUT2D eigenvalue weighted by atomic mass is 32.2. The van der Waals surface area contributed by atoms with Crippen molar-refractivity contribution in [3.8, 4) is 11.5 Å². The summed E-state index contributed by atoms with van der Waals surface area (Å²) in [6.07, 6.45) is 8.95. The van der Waals surface area contributed by atoms with Crippen LogP contribution in [0.1, 0.15) is 37.7 Å². The first kappa shape index (κ1) is 20.6. The van der Waals surface area contributed by atoms with E-state index in [1.54, 1.807) is 30.5 Å². The van der Waals surface area contributed by atoms with E-state index in [2.05, 4.69) is 15.5 Å². The second kappa shape index (κ2) is 8.33. The number of phenolic OH excluding ortho intramolecular Hbond substituents is 1. The number of anilines is 1. The third kappa shape index (κ3) is 3.43. The van der Waals surface area contributed by atoms with Gasteiger partial charge < -0.3 is 10.2 Å². The molecule has 0 spiro atoms. The van der Waals surface area contributed by atoms with E-state index in [0.717, 1.165) is 31.2 Å². The number of para-hydroxylation sites is 1. The number of hydrogen-bond donors (Lipinski definition) is 3. The van der Waals surface area contributed by atoms with Crippen LogP contribution >= 0.6 is 11.9 Å². The van der Waals surface area contributed by atoms with E-state index in [4.69, 9.17) is 0 Å². The number of phenols is 1. The van der Waals surface area contributed by atoms with Gasteiger partial charge in [-0.2, -0.15) is 9.46 Å². The van der Waals surface area contributed by atoms with Crippen molar-refractivity contribution in [2.45, 2.75) is 43.5 Å². The van der Waals surface area contributed by atoms with Gasteiger partial charge in [-0.1, -0.05) is 17.7 Å². The van der Waals surface area contributed by atoms with E-state index in [-0.39, 0.29) is 28.6 Å². The zero-order chi connectivity index (χ0) is 22.2. The number of rotatable bonds is 4. The van der Waals surface area contributed by atoms with E-state index in [1.807, 2.05) is 0 Å². The summed E-state index contributed by atoms with van der Waals surface area (Å²) in [6, 6.07) is 8.14. The Morgan fingerprint density at radius 2 is 2.00 bits per heavy atom. The maximum Gasteiger partial charge on any atom is 0.267 e. The topological polar surface area (TPSA) is 111 Å². The van der Waals surface area contributed by atoms with Crippen molar-refractivity contribution >= 4 is 34.5 Å². The molecule has 0 bridgehead atoms. The number of nitrogens with zero attached hydrogens (tertiary/aromatic N) is 4. The van der Waals surface area contributed by atoms with Gasteiger partial charge in [-0.15, -0.1) is 0 Å². The highest BCUT2D eigenvalue weighted by Crippen LogP contribution is 2.42. The van der Waals surface area contributed by atoms with E-state index < -0.39 is 5.56 Å². The van der Waals surface area contributed by atoms with E-state index in [0.29, 0.717) is 34.0 Å². The zero-order valence-electron chi connectivity index (χ0n) is 17.2. The Kier molecular flexibility index (Phi) is 5.36. The molecule has 0 saturated carbocycles. The number of fused-ring (bicyclic) bond motifs is 2. The van der Waals surface area contributed by atoms with Crippen molar-refractivity contribution in [2.24, 2.45) is 4.40 Å². The molecule has 1 aliphatic heterocycles. The Hall–Kier alpha value is -3.30.